The van der Waals surface area contributed by atoms with E-state index in [4.69, 9.17) is 15.3 Å². The first-order valence-electron chi connectivity index (χ1n) is 5.46. The van der Waals surface area contributed by atoms with Crippen LogP contribution in [-0.2, 0) is 16.6 Å². The molecule has 1 aromatic rings. The third-order valence-corrected chi connectivity index (χ3v) is 2.66. The summed E-state index contributed by atoms with van der Waals surface area (Å²) in [6, 6.07) is 0. The third kappa shape index (κ3) is 2.95. The van der Waals surface area contributed by atoms with Crippen molar-refractivity contribution in [2.75, 3.05) is 6.61 Å². The van der Waals surface area contributed by atoms with Gasteiger partial charge in [0.2, 0.25) is 0 Å². The molecular formula is C10H16N4O3. The summed E-state index contributed by atoms with van der Waals surface area (Å²) in [5.41, 5.74) is 2.09. The van der Waals surface area contributed by atoms with Gasteiger partial charge < -0.3 is 9.47 Å². The number of nitrogens with one attached hydrogen (secondary N) is 1. The molecule has 1 fully saturated rings. The maximum atomic E-state index is 11.2. The van der Waals surface area contributed by atoms with Gasteiger partial charge in [-0.15, -0.1) is 0 Å². The lowest BCUT2D eigenvalue weighted by Crippen LogP contribution is -2.39. The number of ether oxygens (including phenoxy) is 2. The Morgan fingerprint density at radius 3 is 3.24 bits per heavy atom. The summed E-state index contributed by atoms with van der Waals surface area (Å²) in [6.07, 6.45) is 4.35. The summed E-state index contributed by atoms with van der Waals surface area (Å²) in [7, 11) is 1.82. The summed E-state index contributed by atoms with van der Waals surface area (Å²) < 4.78 is 12.7. The minimum absolute atomic E-state index is 0.0718. The second kappa shape index (κ2) is 5.15. The number of amides is 1. The maximum Gasteiger partial charge on any atom is 0.263 e. The van der Waals surface area contributed by atoms with Gasteiger partial charge in [-0.25, -0.2) is 5.84 Å². The molecule has 1 amide bonds. The Bertz CT molecular complexity index is 393. The second-order valence-electron chi connectivity index (χ2n) is 3.99. The smallest absolute Gasteiger partial charge is 0.263 e. The molecule has 0 spiro atoms. The molecule has 1 saturated heterocycles. The zero-order chi connectivity index (χ0) is 12.3. The molecule has 7 heteroatoms. The average molecular weight is 240 g/mol. The highest BCUT2D eigenvalue weighted by molar-refractivity contribution is 5.80. The number of hydrazine groups is 1. The van der Waals surface area contributed by atoms with Crippen molar-refractivity contribution in [1.29, 1.82) is 0 Å². The summed E-state index contributed by atoms with van der Waals surface area (Å²) in [4.78, 5) is 11.2. The second-order valence-corrected chi connectivity index (χ2v) is 3.99. The van der Waals surface area contributed by atoms with Crippen molar-refractivity contribution in [1.82, 2.24) is 15.2 Å². The lowest BCUT2D eigenvalue weighted by atomic mass is 10.2. The predicted octanol–water partition coefficient (Wildman–Crippen LogP) is -0.664. The van der Waals surface area contributed by atoms with E-state index in [1.54, 1.807) is 17.1 Å². The van der Waals surface area contributed by atoms with Crippen LogP contribution in [0.5, 0.6) is 5.75 Å². The van der Waals surface area contributed by atoms with E-state index in [0.29, 0.717) is 18.8 Å². The first kappa shape index (κ1) is 11.9. The number of nitrogens with two attached hydrogens (primary N) is 1. The van der Waals surface area contributed by atoms with Crippen molar-refractivity contribution in [3.63, 3.8) is 0 Å². The van der Waals surface area contributed by atoms with Crippen molar-refractivity contribution < 1.29 is 14.3 Å². The number of aryl methyl sites for hydroxylation is 1. The molecular weight excluding hydrogens is 224 g/mol. The summed E-state index contributed by atoms with van der Waals surface area (Å²) in [5.74, 6) is 5.46. The molecule has 7 nitrogen and oxygen atoms in total. The van der Waals surface area contributed by atoms with Crippen LogP contribution in [0.1, 0.15) is 12.8 Å². The van der Waals surface area contributed by atoms with E-state index in [9.17, 15) is 4.79 Å². The van der Waals surface area contributed by atoms with E-state index in [1.165, 1.54) is 0 Å². The Kier molecular flexibility index (Phi) is 3.60. The van der Waals surface area contributed by atoms with Gasteiger partial charge in [0.15, 0.2) is 5.75 Å². The highest BCUT2D eigenvalue weighted by Gasteiger charge is 2.30. The van der Waals surface area contributed by atoms with Crippen molar-refractivity contribution in [3.8, 4) is 5.75 Å². The molecule has 2 heterocycles. The van der Waals surface area contributed by atoms with Crippen LogP contribution in [0.3, 0.4) is 0 Å². The molecule has 0 saturated carbocycles. The summed E-state index contributed by atoms with van der Waals surface area (Å²) in [6.45, 7) is 0.417. The lowest BCUT2D eigenvalue weighted by molar-refractivity contribution is -0.132. The molecule has 1 aliphatic rings. The fourth-order valence-electron chi connectivity index (χ4n) is 1.78. The van der Waals surface area contributed by atoms with Crippen LogP contribution in [0.15, 0.2) is 12.4 Å². The highest BCUT2D eigenvalue weighted by atomic mass is 16.5. The summed E-state index contributed by atoms with van der Waals surface area (Å²) in [5, 5.41) is 3.99. The molecule has 0 bridgehead atoms. The number of nitrogens with zero attached hydrogens (tertiary/aromatic N) is 2. The number of hydrogen-bond donors (Lipinski definition) is 2. The van der Waals surface area contributed by atoms with Gasteiger partial charge >= 0.3 is 0 Å². The zero-order valence-corrected chi connectivity index (χ0v) is 9.63. The van der Waals surface area contributed by atoms with E-state index in [0.717, 1.165) is 6.42 Å². The first-order valence-corrected chi connectivity index (χ1v) is 5.46. The van der Waals surface area contributed by atoms with Crippen molar-refractivity contribution in [3.05, 3.63) is 12.4 Å². The number of aromatic nitrogens is 2. The van der Waals surface area contributed by atoms with Crippen LogP contribution in [0.4, 0.5) is 0 Å². The van der Waals surface area contributed by atoms with Gasteiger partial charge in [-0.2, -0.15) is 5.10 Å². The third-order valence-electron chi connectivity index (χ3n) is 2.66. The van der Waals surface area contributed by atoms with E-state index in [-0.39, 0.29) is 12.0 Å². The number of carbonyl (C=O) groups is 1. The molecule has 0 radical (unpaired) electrons. The Hall–Kier alpha value is -1.60. The first-order chi connectivity index (χ1) is 8.19. The molecule has 0 aliphatic carbocycles. The molecule has 1 aliphatic heterocycles. The van der Waals surface area contributed by atoms with Gasteiger partial charge in [0.1, 0.15) is 12.7 Å². The van der Waals surface area contributed by atoms with Crippen molar-refractivity contribution >= 4 is 5.91 Å². The molecule has 17 heavy (non-hydrogen) atoms. The Labute approximate surface area is 98.8 Å². The summed E-state index contributed by atoms with van der Waals surface area (Å²) >= 11 is 0. The molecule has 94 valence electrons. The minimum Gasteiger partial charge on any atom is -0.488 e. The van der Waals surface area contributed by atoms with Gasteiger partial charge in [-0.05, 0) is 12.8 Å². The highest BCUT2D eigenvalue weighted by Crippen LogP contribution is 2.20. The molecule has 0 aromatic carbocycles. The molecule has 1 aromatic heterocycles. The van der Waals surface area contributed by atoms with Crippen LogP contribution in [-0.4, -0.2) is 34.5 Å². The Balaban J connectivity index is 1.76. The van der Waals surface area contributed by atoms with E-state index < -0.39 is 6.10 Å². The van der Waals surface area contributed by atoms with Gasteiger partial charge in [-0.3, -0.25) is 14.9 Å². The average Bonchev–Trinajstić information content (AvgIpc) is 2.94. The van der Waals surface area contributed by atoms with Crippen LogP contribution < -0.4 is 16.0 Å². The van der Waals surface area contributed by atoms with Crippen LogP contribution in [0, 0.1) is 0 Å². The zero-order valence-electron chi connectivity index (χ0n) is 9.63. The van der Waals surface area contributed by atoms with Crippen molar-refractivity contribution in [2.45, 2.75) is 25.0 Å². The van der Waals surface area contributed by atoms with Crippen LogP contribution >= 0.6 is 0 Å². The fraction of sp³-hybridized carbons (Fsp3) is 0.600. The predicted molar refractivity (Wildman–Crippen MR) is 58.9 cm³/mol. The van der Waals surface area contributed by atoms with E-state index >= 15 is 0 Å². The lowest BCUT2D eigenvalue weighted by Gasteiger charge is -2.12. The van der Waals surface area contributed by atoms with Crippen molar-refractivity contribution in [2.24, 2.45) is 12.9 Å². The number of carbonyl (C=O) groups excluding carboxylic acids is 1. The monoisotopic (exact) mass is 240 g/mol. The van der Waals surface area contributed by atoms with Crippen LogP contribution in [0.25, 0.3) is 0 Å². The van der Waals surface area contributed by atoms with Gasteiger partial charge in [0.05, 0.1) is 18.5 Å². The maximum absolute atomic E-state index is 11.2. The molecule has 2 unspecified atom stereocenters. The quantitative estimate of drug-likeness (QED) is 0.414. The van der Waals surface area contributed by atoms with Crippen LogP contribution in [0.2, 0.25) is 0 Å². The largest absolute Gasteiger partial charge is 0.488 e. The van der Waals surface area contributed by atoms with Gasteiger partial charge in [0, 0.05) is 7.05 Å². The normalized spacial score (nSPS) is 23.6. The number of rotatable bonds is 4. The topological polar surface area (TPSA) is 91.4 Å². The Morgan fingerprint density at radius 1 is 1.76 bits per heavy atom. The van der Waals surface area contributed by atoms with E-state index in [1.807, 2.05) is 7.05 Å². The fourth-order valence-corrected chi connectivity index (χ4v) is 1.78. The number of hydrogen-bond acceptors (Lipinski definition) is 5. The van der Waals surface area contributed by atoms with Gasteiger partial charge in [0.25, 0.3) is 5.91 Å². The molecule has 2 rings (SSSR count). The van der Waals surface area contributed by atoms with Gasteiger partial charge in [-0.1, -0.05) is 0 Å². The molecule has 2 atom stereocenters. The SMILES string of the molecule is Cn1cc(OCC2CCC(C(=O)NN)O2)cn1. The minimum atomic E-state index is -0.456. The Morgan fingerprint density at radius 2 is 2.59 bits per heavy atom. The standard InChI is InChI=1S/C10H16N4O3/c1-14-5-8(4-12-14)16-6-7-2-3-9(17-7)10(15)13-11/h4-5,7,9H,2-3,6,11H2,1H3,(H,13,15). The van der Waals surface area contributed by atoms with E-state index in [2.05, 4.69) is 10.5 Å². The molecule has 3 N–H and O–H groups in total.